The first-order chi connectivity index (χ1) is 8.20. The highest BCUT2D eigenvalue weighted by Crippen LogP contribution is 2.26. The van der Waals surface area contributed by atoms with Crippen molar-refractivity contribution in [3.63, 3.8) is 0 Å². The van der Waals surface area contributed by atoms with Gasteiger partial charge in [-0.1, -0.05) is 12.1 Å². The summed E-state index contributed by atoms with van der Waals surface area (Å²) in [6, 6.07) is 9.13. The van der Waals surface area contributed by atoms with Crippen molar-refractivity contribution < 1.29 is 9.90 Å². The Morgan fingerprint density at radius 2 is 2.12 bits per heavy atom. The van der Waals surface area contributed by atoms with E-state index >= 15 is 0 Å². The van der Waals surface area contributed by atoms with Crippen molar-refractivity contribution in [3.05, 3.63) is 29.8 Å². The molecule has 3 saturated heterocycles. The number of rotatable bonds is 3. The minimum absolute atomic E-state index is 0.104. The molecular weight excluding hydrogens is 216 g/mol. The van der Waals surface area contributed by atoms with Crippen molar-refractivity contribution in [1.29, 1.82) is 0 Å². The van der Waals surface area contributed by atoms with E-state index in [0.717, 1.165) is 24.3 Å². The van der Waals surface area contributed by atoms with Gasteiger partial charge in [0, 0.05) is 30.9 Å². The summed E-state index contributed by atoms with van der Waals surface area (Å²) < 4.78 is 0. The number of carboxylic acid groups (broad SMARTS) is 1. The third-order valence-corrected chi connectivity index (χ3v) is 3.55. The summed E-state index contributed by atoms with van der Waals surface area (Å²) in [5.41, 5.74) is 2.03. The first kappa shape index (κ1) is 10.6. The number of anilines is 1. The number of carbonyl (C=O) groups is 1. The third kappa shape index (κ3) is 2.13. The first-order valence-corrected chi connectivity index (χ1v) is 6.02. The minimum atomic E-state index is -0.773. The molecule has 0 amide bonds. The monoisotopic (exact) mass is 232 g/mol. The second-order valence-corrected chi connectivity index (χ2v) is 4.94. The lowest BCUT2D eigenvalue weighted by Crippen LogP contribution is -2.67. The van der Waals surface area contributed by atoms with Gasteiger partial charge in [0.25, 0.3) is 0 Å². The van der Waals surface area contributed by atoms with E-state index in [2.05, 4.69) is 16.3 Å². The topological polar surface area (TPSA) is 52.6 Å². The zero-order chi connectivity index (χ0) is 11.8. The fourth-order valence-corrected chi connectivity index (χ4v) is 2.76. The largest absolute Gasteiger partial charge is 0.481 e. The molecule has 3 heterocycles. The zero-order valence-corrected chi connectivity index (χ0v) is 9.60. The molecular formula is C13H16N2O2. The molecule has 2 N–H and O–H groups in total. The lowest BCUT2D eigenvalue weighted by molar-refractivity contribution is -0.136. The smallest absolute Gasteiger partial charge is 0.307 e. The van der Waals surface area contributed by atoms with Gasteiger partial charge in [0.05, 0.1) is 6.42 Å². The maximum Gasteiger partial charge on any atom is 0.307 e. The highest BCUT2D eigenvalue weighted by atomic mass is 16.4. The molecule has 0 spiro atoms. The molecule has 3 aliphatic heterocycles. The Morgan fingerprint density at radius 1 is 1.41 bits per heavy atom. The predicted octanol–water partition coefficient (Wildman–Crippen LogP) is 0.864. The van der Waals surface area contributed by atoms with Crippen LogP contribution in [0.3, 0.4) is 0 Å². The van der Waals surface area contributed by atoms with Gasteiger partial charge < -0.3 is 15.3 Å². The van der Waals surface area contributed by atoms with E-state index in [-0.39, 0.29) is 6.42 Å². The van der Waals surface area contributed by atoms with Crippen molar-refractivity contribution in [1.82, 2.24) is 5.32 Å². The number of aliphatic carboxylic acids is 1. The van der Waals surface area contributed by atoms with E-state index in [0.29, 0.717) is 12.1 Å². The Kier molecular flexibility index (Phi) is 2.52. The highest BCUT2D eigenvalue weighted by Gasteiger charge is 2.36. The lowest BCUT2D eigenvalue weighted by Gasteiger charge is -2.49. The number of nitrogens with one attached hydrogen (secondary N) is 1. The summed E-state index contributed by atoms with van der Waals surface area (Å²) in [5, 5.41) is 12.3. The maximum atomic E-state index is 10.7. The molecule has 17 heavy (non-hydrogen) atoms. The van der Waals surface area contributed by atoms with Crippen LogP contribution in [0.5, 0.6) is 0 Å². The van der Waals surface area contributed by atoms with E-state index < -0.39 is 5.97 Å². The van der Waals surface area contributed by atoms with Crippen LogP contribution in [0.15, 0.2) is 24.3 Å². The normalized spacial score (nSPS) is 26.5. The Hall–Kier alpha value is -1.55. The van der Waals surface area contributed by atoms with Gasteiger partial charge in [-0.05, 0) is 24.1 Å². The van der Waals surface area contributed by atoms with Gasteiger partial charge in [0.1, 0.15) is 0 Å². The van der Waals surface area contributed by atoms with Crippen LogP contribution < -0.4 is 10.2 Å². The molecule has 1 aromatic carbocycles. The average molecular weight is 232 g/mol. The van der Waals surface area contributed by atoms with Gasteiger partial charge in [-0.15, -0.1) is 0 Å². The van der Waals surface area contributed by atoms with Crippen LogP contribution in [-0.4, -0.2) is 36.2 Å². The summed E-state index contributed by atoms with van der Waals surface area (Å²) >= 11 is 0. The number of fused-ring (bicyclic) bond motifs is 2. The first-order valence-electron chi connectivity index (χ1n) is 6.02. The van der Waals surface area contributed by atoms with Crippen LogP contribution in [0.2, 0.25) is 0 Å². The molecule has 4 rings (SSSR count). The molecule has 0 aliphatic carbocycles. The molecule has 3 fully saturated rings. The fourth-order valence-electron chi connectivity index (χ4n) is 2.76. The van der Waals surface area contributed by atoms with Crippen molar-refractivity contribution >= 4 is 11.7 Å². The van der Waals surface area contributed by atoms with Gasteiger partial charge in [-0.2, -0.15) is 0 Å². The van der Waals surface area contributed by atoms with Crippen molar-refractivity contribution in [2.24, 2.45) is 0 Å². The molecule has 2 atom stereocenters. The van der Waals surface area contributed by atoms with E-state index in [1.807, 2.05) is 18.2 Å². The number of piperazine rings is 1. The van der Waals surface area contributed by atoms with E-state index in [1.54, 1.807) is 0 Å². The predicted molar refractivity (Wildman–Crippen MR) is 65.3 cm³/mol. The van der Waals surface area contributed by atoms with Crippen LogP contribution in [-0.2, 0) is 11.2 Å². The van der Waals surface area contributed by atoms with E-state index in [1.165, 1.54) is 6.42 Å². The molecule has 4 nitrogen and oxygen atoms in total. The number of carboxylic acids is 1. The SMILES string of the molecule is O=C(O)Cc1cccc(N2CC3CC(C2)N3)c1. The number of benzene rings is 1. The number of nitrogens with zero attached hydrogens (tertiary/aromatic N) is 1. The lowest BCUT2D eigenvalue weighted by atomic mass is 9.91. The summed E-state index contributed by atoms with van der Waals surface area (Å²) in [6.45, 7) is 2.07. The van der Waals surface area contributed by atoms with Crippen LogP contribution in [0.25, 0.3) is 0 Å². The molecule has 4 heteroatoms. The van der Waals surface area contributed by atoms with Gasteiger partial charge in [0.15, 0.2) is 0 Å². The van der Waals surface area contributed by atoms with Gasteiger partial charge in [-0.3, -0.25) is 4.79 Å². The summed E-state index contributed by atoms with van der Waals surface area (Å²) in [7, 11) is 0. The summed E-state index contributed by atoms with van der Waals surface area (Å²) in [6.07, 6.45) is 1.39. The van der Waals surface area contributed by atoms with E-state index in [4.69, 9.17) is 5.11 Å². The Morgan fingerprint density at radius 3 is 2.76 bits per heavy atom. The Labute approximate surface area is 100 Å². The molecule has 0 aromatic heterocycles. The average Bonchev–Trinajstić information content (AvgIpc) is 2.28. The van der Waals surface area contributed by atoms with Gasteiger partial charge in [0.2, 0.25) is 0 Å². The van der Waals surface area contributed by atoms with Crippen LogP contribution in [0.4, 0.5) is 5.69 Å². The maximum absolute atomic E-state index is 10.7. The van der Waals surface area contributed by atoms with Crippen LogP contribution >= 0.6 is 0 Å². The molecule has 2 bridgehead atoms. The fraction of sp³-hybridized carbons (Fsp3) is 0.462. The van der Waals surface area contributed by atoms with Crippen LogP contribution in [0.1, 0.15) is 12.0 Å². The van der Waals surface area contributed by atoms with Crippen LogP contribution in [0, 0.1) is 0 Å². The van der Waals surface area contributed by atoms with Gasteiger partial charge in [-0.25, -0.2) is 0 Å². The second-order valence-electron chi connectivity index (χ2n) is 4.94. The molecule has 0 radical (unpaired) electrons. The summed E-state index contributed by atoms with van der Waals surface area (Å²) in [5.74, 6) is -0.773. The Balaban J connectivity index is 1.76. The molecule has 0 saturated carbocycles. The molecule has 2 unspecified atom stereocenters. The second kappa shape index (κ2) is 4.04. The van der Waals surface area contributed by atoms with Crippen molar-refractivity contribution in [2.45, 2.75) is 24.9 Å². The highest BCUT2D eigenvalue weighted by molar-refractivity contribution is 5.71. The third-order valence-electron chi connectivity index (χ3n) is 3.55. The molecule has 90 valence electrons. The number of piperidine rings is 1. The molecule has 3 aliphatic rings. The number of hydrogen-bond acceptors (Lipinski definition) is 3. The van der Waals surface area contributed by atoms with Gasteiger partial charge >= 0.3 is 5.97 Å². The standard InChI is InChI=1S/C13H16N2O2/c16-13(17)5-9-2-1-3-12(4-9)15-7-10-6-11(8-15)14-10/h1-4,10-11,14H,5-8H2,(H,16,17). The number of hydrogen-bond donors (Lipinski definition) is 2. The quantitative estimate of drug-likeness (QED) is 0.811. The zero-order valence-electron chi connectivity index (χ0n) is 9.60. The summed E-state index contributed by atoms with van der Waals surface area (Å²) in [4.78, 5) is 13.0. The minimum Gasteiger partial charge on any atom is -0.481 e. The van der Waals surface area contributed by atoms with Crippen molar-refractivity contribution in [3.8, 4) is 0 Å². The molecule has 1 aromatic rings. The van der Waals surface area contributed by atoms with Crippen molar-refractivity contribution in [2.75, 3.05) is 18.0 Å². The van der Waals surface area contributed by atoms with E-state index in [9.17, 15) is 4.79 Å². The Bertz CT molecular complexity index is 431.